The molecular formula is C12H11Cl3O. The molecule has 16 heavy (non-hydrogen) atoms. The molecule has 0 heterocycles. The van der Waals surface area contributed by atoms with Crippen molar-refractivity contribution in [3.8, 4) is 0 Å². The Bertz CT molecular complexity index is 423. The van der Waals surface area contributed by atoms with Crippen molar-refractivity contribution in [2.45, 2.75) is 25.7 Å². The fraction of sp³-hybridized carbons (Fsp3) is 0.417. The van der Waals surface area contributed by atoms with Crippen molar-refractivity contribution in [3.05, 3.63) is 32.8 Å². The molecule has 0 atom stereocenters. The second-order valence-corrected chi connectivity index (χ2v) is 5.32. The SMILES string of the molecule is O=C(c1cc(Cl)cc(Cl)c1Cl)C1CCCC1. The first-order valence-electron chi connectivity index (χ1n) is 5.28. The van der Waals surface area contributed by atoms with Gasteiger partial charge in [0.25, 0.3) is 0 Å². The van der Waals surface area contributed by atoms with Crippen molar-refractivity contribution >= 4 is 40.6 Å². The minimum absolute atomic E-state index is 0.0758. The number of carbonyl (C=O) groups excluding carboxylic acids is 1. The number of Topliss-reactive ketones (excluding diaryl/α,β-unsaturated/α-hetero) is 1. The molecule has 0 aromatic heterocycles. The number of hydrogen-bond donors (Lipinski definition) is 0. The summed E-state index contributed by atoms with van der Waals surface area (Å²) in [5.74, 6) is 0.166. The van der Waals surface area contributed by atoms with E-state index in [1.807, 2.05) is 0 Å². The zero-order chi connectivity index (χ0) is 11.7. The van der Waals surface area contributed by atoms with Crippen LogP contribution < -0.4 is 0 Å². The van der Waals surface area contributed by atoms with E-state index >= 15 is 0 Å². The van der Waals surface area contributed by atoms with Gasteiger partial charge in [0, 0.05) is 16.5 Å². The van der Waals surface area contributed by atoms with Gasteiger partial charge in [-0.1, -0.05) is 47.6 Å². The second-order valence-electron chi connectivity index (χ2n) is 4.09. The molecule has 1 nitrogen and oxygen atoms in total. The quantitative estimate of drug-likeness (QED) is 0.548. The smallest absolute Gasteiger partial charge is 0.167 e. The fourth-order valence-electron chi connectivity index (χ4n) is 2.14. The summed E-state index contributed by atoms with van der Waals surface area (Å²) >= 11 is 17.8. The summed E-state index contributed by atoms with van der Waals surface area (Å²) < 4.78 is 0. The van der Waals surface area contributed by atoms with E-state index in [0.29, 0.717) is 20.6 Å². The van der Waals surface area contributed by atoms with Crippen LogP contribution in [-0.2, 0) is 0 Å². The predicted molar refractivity (Wildman–Crippen MR) is 67.8 cm³/mol. The molecule has 1 aromatic carbocycles. The Kier molecular flexibility index (Phi) is 3.78. The molecule has 0 amide bonds. The molecule has 2 rings (SSSR count). The maximum atomic E-state index is 12.2. The van der Waals surface area contributed by atoms with E-state index in [4.69, 9.17) is 34.8 Å². The molecule has 0 N–H and O–H groups in total. The summed E-state index contributed by atoms with van der Waals surface area (Å²) in [5.41, 5.74) is 0.464. The van der Waals surface area contributed by atoms with Gasteiger partial charge in [-0.25, -0.2) is 0 Å². The lowest BCUT2D eigenvalue weighted by Gasteiger charge is -2.10. The van der Waals surface area contributed by atoms with Crippen molar-refractivity contribution in [2.24, 2.45) is 5.92 Å². The third-order valence-electron chi connectivity index (χ3n) is 2.98. The summed E-state index contributed by atoms with van der Waals surface area (Å²) in [6.07, 6.45) is 4.11. The van der Waals surface area contributed by atoms with E-state index in [1.54, 1.807) is 12.1 Å². The molecule has 1 aliphatic carbocycles. The van der Waals surface area contributed by atoms with Crippen molar-refractivity contribution in [1.82, 2.24) is 0 Å². The second kappa shape index (κ2) is 4.95. The summed E-state index contributed by atoms with van der Waals surface area (Å²) in [6, 6.07) is 3.16. The molecule has 1 fully saturated rings. The van der Waals surface area contributed by atoms with E-state index in [-0.39, 0.29) is 11.7 Å². The highest BCUT2D eigenvalue weighted by Gasteiger charge is 2.26. The Labute approximate surface area is 110 Å². The Morgan fingerprint density at radius 3 is 2.38 bits per heavy atom. The number of hydrogen-bond acceptors (Lipinski definition) is 1. The summed E-state index contributed by atoms with van der Waals surface area (Å²) in [7, 11) is 0. The monoisotopic (exact) mass is 276 g/mol. The first kappa shape index (κ1) is 12.2. The molecule has 0 spiro atoms. The van der Waals surface area contributed by atoms with Crippen LogP contribution in [0.25, 0.3) is 0 Å². The van der Waals surface area contributed by atoms with Crippen molar-refractivity contribution < 1.29 is 4.79 Å². The molecule has 0 radical (unpaired) electrons. The van der Waals surface area contributed by atoms with Crippen molar-refractivity contribution in [1.29, 1.82) is 0 Å². The van der Waals surface area contributed by atoms with E-state index in [0.717, 1.165) is 25.7 Å². The van der Waals surface area contributed by atoms with Crippen LogP contribution in [0.4, 0.5) is 0 Å². The van der Waals surface area contributed by atoms with Crippen LogP contribution >= 0.6 is 34.8 Å². The highest BCUT2D eigenvalue weighted by atomic mass is 35.5. The van der Waals surface area contributed by atoms with E-state index in [9.17, 15) is 4.79 Å². The van der Waals surface area contributed by atoms with Crippen LogP contribution in [-0.4, -0.2) is 5.78 Å². The molecule has 0 saturated heterocycles. The van der Waals surface area contributed by atoms with Crippen LogP contribution in [0.2, 0.25) is 15.1 Å². The van der Waals surface area contributed by atoms with Crippen LogP contribution in [0.1, 0.15) is 36.0 Å². The maximum absolute atomic E-state index is 12.2. The Balaban J connectivity index is 2.35. The number of benzene rings is 1. The van der Waals surface area contributed by atoms with Crippen molar-refractivity contribution in [3.63, 3.8) is 0 Å². The topological polar surface area (TPSA) is 17.1 Å². The van der Waals surface area contributed by atoms with Crippen LogP contribution in [0.3, 0.4) is 0 Å². The van der Waals surface area contributed by atoms with E-state index < -0.39 is 0 Å². The van der Waals surface area contributed by atoms with Gasteiger partial charge < -0.3 is 0 Å². The van der Waals surface area contributed by atoms with Gasteiger partial charge in [-0.05, 0) is 25.0 Å². The number of rotatable bonds is 2. The summed E-state index contributed by atoms with van der Waals surface area (Å²) in [4.78, 5) is 12.2. The molecule has 0 unspecified atom stereocenters. The minimum Gasteiger partial charge on any atom is -0.294 e. The number of ketones is 1. The van der Waals surface area contributed by atoms with Crippen LogP contribution in [0.15, 0.2) is 12.1 Å². The maximum Gasteiger partial charge on any atom is 0.167 e. The standard InChI is InChI=1S/C12H11Cl3O/c13-8-5-9(11(15)10(14)6-8)12(16)7-3-1-2-4-7/h5-7H,1-4H2. The Morgan fingerprint density at radius 2 is 1.75 bits per heavy atom. The van der Waals surface area contributed by atoms with Gasteiger partial charge in [0.2, 0.25) is 0 Å². The normalized spacial score (nSPS) is 16.7. The molecule has 1 aliphatic rings. The lowest BCUT2D eigenvalue weighted by atomic mass is 9.96. The number of halogens is 3. The van der Waals surface area contributed by atoms with Gasteiger partial charge in [-0.3, -0.25) is 4.79 Å². The summed E-state index contributed by atoms with van der Waals surface area (Å²) in [6.45, 7) is 0. The van der Waals surface area contributed by atoms with Gasteiger partial charge in [-0.2, -0.15) is 0 Å². The average Bonchev–Trinajstić information content (AvgIpc) is 2.75. The van der Waals surface area contributed by atoms with Gasteiger partial charge >= 0.3 is 0 Å². The first-order chi connectivity index (χ1) is 7.59. The zero-order valence-corrected chi connectivity index (χ0v) is 10.9. The molecule has 0 bridgehead atoms. The predicted octanol–water partition coefficient (Wildman–Crippen LogP) is 5.02. The molecule has 4 heteroatoms. The summed E-state index contributed by atoms with van der Waals surface area (Å²) in [5, 5.41) is 1.12. The van der Waals surface area contributed by atoms with Gasteiger partial charge in [-0.15, -0.1) is 0 Å². The average molecular weight is 278 g/mol. The lowest BCUT2D eigenvalue weighted by Crippen LogP contribution is -2.11. The minimum atomic E-state index is 0.0758. The molecule has 1 aromatic rings. The Hall–Kier alpha value is -0.240. The Morgan fingerprint density at radius 1 is 1.12 bits per heavy atom. The van der Waals surface area contributed by atoms with E-state index in [1.165, 1.54) is 0 Å². The molecule has 0 aliphatic heterocycles. The van der Waals surface area contributed by atoms with Gasteiger partial charge in [0.15, 0.2) is 5.78 Å². The third-order valence-corrected chi connectivity index (χ3v) is 4.00. The van der Waals surface area contributed by atoms with Gasteiger partial charge in [0.1, 0.15) is 0 Å². The fourth-order valence-corrected chi connectivity index (χ4v) is 2.84. The third kappa shape index (κ3) is 2.37. The highest BCUT2D eigenvalue weighted by Crippen LogP contribution is 2.34. The zero-order valence-electron chi connectivity index (χ0n) is 8.60. The van der Waals surface area contributed by atoms with E-state index in [2.05, 4.69) is 0 Å². The largest absolute Gasteiger partial charge is 0.294 e. The lowest BCUT2D eigenvalue weighted by molar-refractivity contribution is 0.0923. The van der Waals surface area contributed by atoms with Crippen LogP contribution in [0, 0.1) is 5.92 Å². The molecular weight excluding hydrogens is 266 g/mol. The van der Waals surface area contributed by atoms with Gasteiger partial charge in [0.05, 0.1) is 10.0 Å². The number of carbonyl (C=O) groups is 1. The highest BCUT2D eigenvalue weighted by molar-refractivity contribution is 6.45. The molecule has 1 saturated carbocycles. The first-order valence-corrected chi connectivity index (χ1v) is 6.41. The van der Waals surface area contributed by atoms with Crippen LogP contribution in [0.5, 0.6) is 0 Å². The van der Waals surface area contributed by atoms with Crippen molar-refractivity contribution in [2.75, 3.05) is 0 Å². The molecule has 86 valence electrons.